The summed E-state index contributed by atoms with van der Waals surface area (Å²) in [4.78, 5) is 0. The van der Waals surface area contributed by atoms with Crippen LogP contribution < -0.4 is 0 Å². The minimum absolute atomic E-state index is 0.581. The lowest BCUT2D eigenvalue weighted by molar-refractivity contribution is 0.171. The second-order valence-electron chi connectivity index (χ2n) is 10.1. The highest BCUT2D eigenvalue weighted by molar-refractivity contribution is 5.24. The van der Waals surface area contributed by atoms with Gasteiger partial charge in [0.15, 0.2) is 0 Å². The van der Waals surface area contributed by atoms with Gasteiger partial charge in [-0.25, -0.2) is 0 Å². The van der Waals surface area contributed by atoms with E-state index in [1.807, 2.05) is 0 Å². The minimum Gasteiger partial charge on any atom is -0.0854 e. The molecule has 0 aliphatic heterocycles. The summed E-state index contributed by atoms with van der Waals surface area (Å²) < 4.78 is 0. The van der Waals surface area contributed by atoms with E-state index in [2.05, 4.69) is 76.3 Å². The van der Waals surface area contributed by atoms with Crippen LogP contribution in [0.2, 0.25) is 0 Å². The fourth-order valence-electron chi connectivity index (χ4n) is 5.37. The van der Waals surface area contributed by atoms with Crippen LogP contribution in [0.3, 0.4) is 0 Å². The Morgan fingerprint density at radius 1 is 0.714 bits per heavy atom. The summed E-state index contributed by atoms with van der Waals surface area (Å²) in [7, 11) is 0. The largest absolute Gasteiger partial charge is 0.0854 e. The van der Waals surface area contributed by atoms with Gasteiger partial charge >= 0.3 is 0 Å². The predicted molar refractivity (Wildman–Crippen MR) is 124 cm³/mol. The molecular weight excluding hydrogens is 336 g/mol. The van der Waals surface area contributed by atoms with Crippen molar-refractivity contribution in [1.82, 2.24) is 0 Å². The van der Waals surface area contributed by atoms with Crippen LogP contribution in [0.1, 0.15) is 89.2 Å². The molecule has 0 saturated heterocycles. The highest BCUT2D eigenvalue weighted by atomic mass is 14.4. The molecule has 2 fully saturated rings. The summed E-state index contributed by atoms with van der Waals surface area (Å²) in [6.45, 7) is 9.01. The maximum atomic E-state index is 2.53. The van der Waals surface area contributed by atoms with E-state index in [9.17, 15) is 0 Å². The maximum absolute atomic E-state index is 2.53. The first kappa shape index (κ1) is 21.4. The first-order valence-electron chi connectivity index (χ1n) is 11.9. The number of allylic oxidation sites excluding steroid dienone is 4. The molecule has 0 spiro atoms. The third-order valence-electron chi connectivity index (χ3n) is 7.29. The van der Waals surface area contributed by atoms with Gasteiger partial charge in [-0.1, -0.05) is 74.9 Å². The summed E-state index contributed by atoms with van der Waals surface area (Å²) in [5, 5.41) is 0. The second-order valence-corrected chi connectivity index (χ2v) is 10.1. The summed E-state index contributed by atoms with van der Waals surface area (Å²) >= 11 is 0. The van der Waals surface area contributed by atoms with Crippen LogP contribution in [0.15, 0.2) is 48.6 Å². The van der Waals surface area contributed by atoms with Crippen LogP contribution in [0.4, 0.5) is 0 Å². The molecule has 0 heteroatoms. The lowest BCUT2D eigenvalue weighted by Gasteiger charge is -2.37. The maximum Gasteiger partial charge on any atom is -0.00817 e. The molecule has 0 heterocycles. The molecule has 1 unspecified atom stereocenters. The van der Waals surface area contributed by atoms with E-state index < -0.39 is 0 Å². The molecule has 1 atom stereocenters. The molecule has 0 radical (unpaired) electrons. The fraction of sp³-hybridized carbons (Fsp3) is 0.643. The van der Waals surface area contributed by atoms with Gasteiger partial charge in [0.1, 0.15) is 0 Å². The van der Waals surface area contributed by atoms with Gasteiger partial charge in [-0.05, 0) is 99.4 Å². The van der Waals surface area contributed by atoms with Gasteiger partial charge in [-0.2, -0.15) is 0 Å². The summed E-state index contributed by atoms with van der Waals surface area (Å²) in [5.74, 6) is 4.89. The molecule has 0 aromatic heterocycles. The van der Waals surface area contributed by atoms with E-state index in [1.54, 1.807) is 5.56 Å². The van der Waals surface area contributed by atoms with E-state index in [0.717, 1.165) is 23.7 Å². The van der Waals surface area contributed by atoms with Crippen molar-refractivity contribution >= 4 is 0 Å². The Hall–Kier alpha value is -1.30. The zero-order chi connectivity index (χ0) is 19.9. The van der Waals surface area contributed by atoms with Crippen molar-refractivity contribution < 1.29 is 0 Å². The second kappa shape index (κ2) is 10.5. The van der Waals surface area contributed by atoms with Crippen molar-refractivity contribution in [1.29, 1.82) is 0 Å². The summed E-state index contributed by atoms with van der Waals surface area (Å²) in [5.41, 5.74) is 2.96. The highest BCUT2D eigenvalue weighted by Gasteiger charge is 2.30. The molecule has 28 heavy (non-hydrogen) atoms. The third-order valence-corrected chi connectivity index (χ3v) is 7.29. The average molecular weight is 379 g/mol. The predicted octanol–water partition coefficient (Wildman–Crippen LogP) is 8.48. The molecular formula is C28H42. The molecule has 1 aromatic carbocycles. The standard InChI is InChI=1S/C28H42/c1-21(2)5-6-22(3)7-10-24-11-15-26(16-12-24)28-19-17-27(18-20-28)25-13-8-23(4)9-14-25/h5-10,13-14,21-22,24,26-28H,11-12,15-20H2,1-4H3/b6-5-,10-7+. The SMILES string of the molecule is Cc1ccc(C2CCC(C3CCC(/C=C/C(C)/C=C\C(C)C)CC3)CC2)cc1. The Morgan fingerprint density at radius 3 is 1.86 bits per heavy atom. The van der Waals surface area contributed by atoms with Crippen molar-refractivity contribution in [2.24, 2.45) is 29.6 Å². The van der Waals surface area contributed by atoms with Crippen molar-refractivity contribution in [2.75, 3.05) is 0 Å². The molecule has 1 aromatic rings. The molecule has 2 aliphatic rings. The summed E-state index contributed by atoms with van der Waals surface area (Å²) in [6, 6.07) is 9.32. The number of aryl methyl sites for hydroxylation is 1. The molecule has 154 valence electrons. The lowest BCUT2D eigenvalue weighted by atomic mass is 9.68. The number of hydrogen-bond donors (Lipinski definition) is 0. The Morgan fingerprint density at radius 2 is 1.29 bits per heavy atom. The third kappa shape index (κ3) is 6.36. The van der Waals surface area contributed by atoms with Gasteiger partial charge in [-0.15, -0.1) is 0 Å². The zero-order valence-electron chi connectivity index (χ0n) is 18.7. The number of rotatable bonds is 6. The van der Waals surface area contributed by atoms with Crippen molar-refractivity contribution in [3.05, 3.63) is 59.7 Å². The molecule has 0 N–H and O–H groups in total. The van der Waals surface area contributed by atoms with Gasteiger partial charge in [0.25, 0.3) is 0 Å². The molecule has 0 amide bonds. The van der Waals surface area contributed by atoms with E-state index >= 15 is 0 Å². The molecule has 2 saturated carbocycles. The van der Waals surface area contributed by atoms with E-state index in [-0.39, 0.29) is 0 Å². The fourth-order valence-corrected chi connectivity index (χ4v) is 5.37. The zero-order valence-corrected chi connectivity index (χ0v) is 18.7. The van der Waals surface area contributed by atoms with Gasteiger partial charge in [0.05, 0.1) is 0 Å². The van der Waals surface area contributed by atoms with Crippen LogP contribution in [-0.4, -0.2) is 0 Å². The van der Waals surface area contributed by atoms with E-state index in [0.29, 0.717) is 11.8 Å². The van der Waals surface area contributed by atoms with Gasteiger partial charge in [-0.3, -0.25) is 0 Å². The summed E-state index contributed by atoms with van der Waals surface area (Å²) in [6.07, 6.45) is 21.2. The smallest absolute Gasteiger partial charge is 0.00817 e. The first-order valence-corrected chi connectivity index (χ1v) is 11.9. The Kier molecular flexibility index (Phi) is 8.00. The van der Waals surface area contributed by atoms with Gasteiger partial charge in [0.2, 0.25) is 0 Å². The van der Waals surface area contributed by atoms with E-state index in [1.165, 1.54) is 56.9 Å². The van der Waals surface area contributed by atoms with E-state index in [4.69, 9.17) is 0 Å². The monoisotopic (exact) mass is 378 g/mol. The van der Waals surface area contributed by atoms with Crippen LogP contribution in [0.25, 0.3) is 0 Å². The molecule has 0 bridgehead atoms. The van der Waals surface area contributed by atoms with Crippen molar-refractivity contribution in [3.8, 4) is 0 Å². The number of hydrogen-bond acceptors (Lipinski definition) is 0. The van der Waals surface area contributed by atoms with Gasteiger partial charge < -0.3 is 0 Å². The Bertz CT molecular complexity index is 617. The topological polar surface area (TPSA) is 0 Å². The Labute approximate surface area is 174 Å². The minimum atomic E-state index is 0.581. The lowest BCUT2D eigenvalue weighted by Crippen LogP contribution is -2.25. The first-order chi connectivity index (χ1) is 13.5. The normalized spacial score (nSPS) is 30.3. The average Bonchev–Trinajstić information content (AvgIpc) is 2.72. The van der Waals surface area contributed by atoms with Crippen molar-refractivity contribution in [2.45, 2.75) is 85.0 Å². The number of benzene rings is 1. The quantitative estimate of drug-likeness (QED) is 0.435. The van der Waals surface area contributed by atoms with Crippen LogP contribution in [-0.2, 0) is 0 Å². The highest BCUT2D eigenvalue weighted by Crippen LogP contribution is 2.44. The van der Waals surface area contributed by atoms with Crippen LogP contribution in [0, 0.1) is 36.5 Å². The Balaban J connectivity index is 1.40. The molecule has 0 nitrogen and oxygen atoms in total. The van der Waals surface area contributed by atoms with Crippen LogP contribution >= 0.6 is 0 Å². The van der Waals surface area contributed by atoms with Crippen molar-refractivity contribution in [3.63, 3.8) is 0 Å². The van der Waals surface area contributed by atoms with Crippen LogP contribution in [0.5, 0.6) is 0 Å². The van der Waals surface area contributed by atoms with Gasteiger partial charge in [0, 0.05) is 0 Å². The molecule has 3 rings (SSSR count). The molecule has 2 aliphatic carbocycles.